The molecule has 0 bridgehead atoms. The molecule has 1 aliphatic heterocycles. The number of morpholine rings is 1. The number of anilines is 1. The predicted octanol–water partition coefficient (Wildman–Crippen LogP) is 2.29. The lowest BCUT2D eigenvalue weighted by Gasteiger charge is -2.35. The number of halogens is 3. The summed E-state index contributed by atoms with van der Waals surface area (Å²) in [7, 11) is 0. The van der Waals surface area contributed by atoms with Gasteiger partial charge in [0, 0.05) is 11.6 Å². The predicted molar refractivity (Wildman–Crippen MR) is 59.2 cm³/mol. The molecule has 1 fully saturated rings. The first-order valence-electron chi connectivity index (χ1n) is 5.41. The van der Waals surface area contributed by atoms with Crippen LogP contribution in [0, 0.1) is 0 Å². The van der Waals surface area contributed by atoms with Crippen LogP contribution in [0.15, 0.2) is 24.5 Å². The standard InChI is InChI=1S/C11H10F3N3O/c12-9-5-17(6-11(13,14)18-9)8-3-7-1-2-15-10(7)16-4-8/h1-4,9H,5-6H2,(H,15,16)/t9-/m0/s1. The number of hydrogen-bond donors (Lipinski definition) is 1. The van der Waals surface area contributed by atoms with Gasteiger partial charge in [-0.25, -0.2) is 9.37 Å². The summed E-state index contributed by atoms with van der Waals surface area (Å²) >= 11 is 0. The van der Waals surface area contributed by atoms with Crippen molar-refractivity contribution < 1.29 is 17.9 Å². The lowest BCUT2D eigenvalue weighted by Crippen LogP contribution is -2.50. The third-order valence-electron chi connectivity index (χ3n) is 2.79. The second-order valence-electron chi connectivity index (χ2n) is 4.15. The van der Waals surface area contributed by atoms with Crippen molar-refractivity contribution in [2.45, 2.75) is 12.5 Å². The van der Waals surface area contributed by atoms with E-state index in [4.69, 9.17) is 0 Å². The molecule has 7 heteroatoms. The molecule has 0 spiro atoms. The SMILES string of the molecule is F[C@@H]1CN(c2cnc3[nH]ccc3c2)CC(F)(F)O1. The zero-order chi connectivity index (χ0) is 12.8. The minimum absolute atomic E-state index is 0.229. The highest BCUT2D eigenvalue weighted by Crippen LogP contribution is 2.29. The number of rotatable bonds is 1. The molecule has 4 nitrogen and oxygen atoms in total. The quantitative estimate of drug-likeness (QED) is 0.852. The van der Waals surface area contributed by atoms with Crippen molar-refractivity contribution in [1.82, 2.24) is 9.97 Å². The van der Waals surface area contributed by atoms with Crippen molar-refractivity contribution in [1.29, 1.82) is 0 Å². The van der Waals surface area contributed by atoms with Crippen molar-refractivity contribution in [3.05, 3.63) is 24.5 Å². The fraction of sp³-hybridized carbons (Fsp3) is 0.364. The molecule has 0 amide bonds. The van der Waals surface area contributed by atoms with E-state index in [0.29, 0.717) is 11.3 Å². The monoisotopic (exact) mass is 257 g/mol. The van der Waals surface area contributed by atoms with Gasteiger partial charge in [0.2, 0.25) is 6.36 Å². The Morgan fingerprint density at radius 2 is 2.33 bits per heavy atom. The number of alkyl halides is 3. The van der Waals surface area contributed by atoms with Crippen molar-refractivity contribution in [2.24, 2.45) is 0 Å². The number of nitrogens with one attached hydrogen (secondary N) is 1. The van der Waals surface area contributed by atoms with Crippen molar-refractivity contribution in [2.75, 3.05) is 18.0 Å². The van der Waals surface area contributed by atoms with Crippen molar-refractivity contribution >= 4 is 16.7 Å². The number of hydrogen-bond acceptors (Lipinski definition) is 3. The van der Waals surface area contributed by atoms with Crippen LogP contribution in [0.1, 0.15) is 0 Å². The number of fused-ring (bicyclic) bond motifs is 1. The summed E-state index contributed by atoms with van der Waals surface area (Å²) in [5.41, 5.74) is 1.11. The van der Waals surface area contributed by atoms with E-state index < -0.39 is 19.0 Å². The van der Waals surface area contributed by atoms with Crippen LogP contribution in [0.25, 0.3) is 11.0 Å². The Balaban J connectivity index is 1.93. The van der Waals surface area contributed by atoms with Gasteiger partial charge in [-0.2, -0.15) is 8.78 Å². The van der Waals surface area contributed by atoms with Gasteiger partial charge in [0.1, 0.15) is 12.2 Å². The number of aromatic amines is 1. The van der Waals surface area contributed by atoms with Crippen LogP contribution < -0.4 is 4.90 Å². The number of nitrogens with zero attached hydrogens (tertiary/aromatic N) is 2. The maximum Gasteiger partial charge on any atom is 0.375 e. The molecular weight excluding hydrogens is 247 g/mol. The van der Waals surface area contributed by atoms with Gasteiger partial charge in [-0.05, 0) is 12.1 Å². The van der Waals surface area contributed by atoms with E-state index in [0.717, 1.165) is 5.39 Å². The Hall–Kier alpha value is -1.76. The lowest BCUT2D eigenvalue weighted by atomic mass is 10.2. The van der Waals surface area contributed by atoms with Gasteiger partial charge < -0.3 is 9.88 Å². The second kappa shape index (κ2) is 3.88. The zero-order valence-corrected chi connectivity index (χ0v) is 9.24. The molecule has 0 aliphatic carbocycles. The van der Waals surface area contributed by atoms with Gasteiger partial charge in [0.15, 0.2) is 0 Å². The van der Waals surface area contributed by atoms with Crippen LogP contribution in [-0.2, 0) is 4.74 Å². The van der Waals surface area contributed by atoms with E-state index in [1.54, 1.807) is 18.3 Å². The first-order valence-corrected chi connectivity index (χ1v) is 5.41. The Bertz CT molecular complexity index is 571. The maximum absolute atomic E-state index is 13.1. The van der Waals surface area contributed by atoms with E-state index >= 15 is 0 Å². The summed E-state index contributed by atoms with van der Waals surface area (Å²) in [4.78, 5) is 8.21. The molecule has 3 heterocycles. The highest BCUT2D eigenvalue weighted by Gasteiger charge is 2.42. The topological polar surface area (TPSA) is 41.2 Å². The average Bonchev–Trinajstić information content (AvgIpc) is 2.72. The lowest BCUT2D eigenvalue weighted by molar-refractivity contribution is -0.292. The number of H-pyrrole nitrogens is 1. The summed E-state index contributed by atoms with van der Waals surface area (Å²) in [6.45, 7) is -0.905. The molecule has 2 aromatic heterocycles. The second-order valence-corrected chi connectivity index (χ2v) is 4.15. The van der Waals surface area contributed by atoms with E-state index in [1.165, 1.54) is 11.1 Å². The summed E-state index contributed by atoms with van der Waals surface area (Å²) in [5, 5.41) is 0.790. The molecule has 2 aromatic rings. The molecule has 0 radical (unpaired) electrons. The molecule has 1 N–H and O–H groups in total. The highest BCUT2D eigenvalue weighted by molar-refractivity contribution is 5.79. The Morgan fingerprint density at radius 1 is 1.50 bits per heavy atom. The average molecular weight is 257 g/mol. The van der Waals surface area contributed by atoms with Gasteiger partial charge >= 0.3 is 6.11 Å². The van der Waals surface area contributed by atoms with Gasteiger partial charge in [0.25, 0.3) is 0 Å². The minimum Gasteiger partial charge on any atom is -0.356 e. The summed E-state index contributed by atoms with van der Waals surface area (Å²) in [5.74, 6) is 0. The van der Waals surface area contributed by atoms with Gasteiger partial charge in [0.05, 0.1) is 18.4 Å². The van der Waals surface area contributed by atoms with Crippen LogP contribution in [0.4, 0.5) is 18.9 Å². The largest absolute Gasteiger partial charge is 0.375 e. The van der Waals surface area contributed by atoms with Gasteiger partial charge in [-0.15, -0.1) is 0 Å². The van der Waals surface area contributed by atoms with Crippen LogP contribution in [0.2, 0.25) is 0 Å². The zero-order valence-electron chi connectivity index (χ0n) is 9.24. The van der Waals surface area contributed by atoms with E-state index in [9.17, 15) is 13.2 Å². The first kappa shape index (κ1) is 11.3. The van der Waals surface area contributed by atoms with Crippen LogP contribution in [0.3, 0.4) is 0 Å². The van der Waals surface area contributed by atoms with E-state index in [2.05, 4.69) is 14.7 Å². The van der Waals surface area contributed by atoms with Crippen molar-refractivity contribution in [3.63, 3.8) is 0 Å². The third kappa shape index (κ3) is 2.01. The van der Waals surface area contributed by atoms with Crippen LogP contribution in [-0.4, -0.2) is 35.5 Å². The number of pyridine rings is 1. The smallest absolute Gasteiger partial charge is 0.356 e. The number of aromatic nitrogens is 2. The third-order valence-corrected chi connectivity index (χ3v) is 2.79. The molecule has 1 atom stereocenters. The minimum atomic E-state index is -3.48. The fourth-order valence-electron chi connectivity index (χ4n) is 2.02. The highest BCUT2D eigenvalue weighted by atomic mass is 19.3. The molecule has 0 saturated carbocycles. The molecule has 1 saturated heterocycles. The Kier molecular flexibility index (Phi) is 2.44. The van der Waals surface area contributed by atoms with Gasteiger partial charge in [-0.3, -0.25) is 4.74 Å². The van der Waals surface area contributed by atoms with Crippen molar-refractivity contribution in [3.8, 4) is 0 Å². The normalized spacial score (nSPS) is 23.5. The van der Waals surface area contributed by atoms with Gasteiger partial charge in [-0.1, -0.05) is 0 Å². The molecule has 3 rings (SSSR count). The maximum atomic E-state index is 13.1. The Morgan fingerprint density at radius 3 is 3.11 bits per heavy atom. The summed E-state index contributed by atoms with van der Waals surface area (Å²) in [6.07, 6.45) is -2.35. The first-order chi connectivity index (χ1) is 8.53. The molecular formula is C11H10F3N3O. The van der Waals surface area contributed by atoms with Crippen LogP contribution in [0.5, 0.6) is 0 Å². The summed E-state index contributed by atoms with van der Waals surface area (Å²) in [6, 6.07) is 3.46. The molecule has 1 aliphatic rings. The van der Waals surface area contributed by atoms with E-state index in [-0.39, 0.29) is 6.54 Å². The molecule has 0 aromatic carbocycles. The Labute approximate surface area is 100 Å². The fourth-order valence-corrected chi connectivity index (χ4v) is 2.02. The number of ether oxygens (including phenoxy) is 1. The van der Waals surface area contributed by atoms with Crippen LogP contribution >= 0.6 is 0 Å². The molecule has 18 heavy (non-hydrogen) atoms. The molecule has 0 unspecified atom stereocenters. The summed E-state index contributed by atoms with van der Waals surface area (Å²) < 4.78 is 43.3. The van der Waals surface area contributed by atoms with E-state index in [1.807, 2.05) is 0 Å². The molecule has 96 valence electrons.